The first-order chi connectivity index (χ1) is 17.4. The van der Waals surface area contributed by atoms with Gasteiger partial charge in [-0.3, -0.25) is 4.98 Å². The third-order valence-electron chi connectivity index (χ3n) is 5.93. The first kappa shape index (κ1) is 22.5. The molecule has 170 valence electrons. The fraction of sp³-hybridized carbons (Fsp3) is 0.167. The van der Waals surface area contributed by atoms with E-state index in [9.17, 15) is 10.5 Å². The molecule has 5 heteroatoms. The standard InChI is InChI=1S/C30H23ClN4/c1-3-22(24-12-8-9-20(13-24)17-32)14-21-15-26-29(25(18-33)19-34-30(26)27(31)16-21)35-28(4-2)23-10-6-5-7-11-23/h1,5-13,15-16,19,22,28H,4,14H2,2H3,(H,34,35)/t22-,28+/m0/s1/i22D. The van der Waals surface area contributed by atoms with Crippen LogP contribution in [-0.4, -0.2) is 4.98 Å². The van der Waals surface area contributed by atoms with Gasteiger partial charge in [-0.2, -0.15) is 10.5 Å². The van der Waals surface area contributed by atoms with Crippen LogP contribution in [0.5, 0.6) is 0 Å². The average Bonchev–Trinajstić information content (AvgIpc) is 2.92. The quantitative estimate of drug-likeness (QED) is 0.288. The van der Waals surface area contributed by atoms with Gasteiger partial charge in [-0.15, -0.1) is 6.42 Å². The summed E-state index contributed by atoms with van der Waals surface area (Å²) in [5.74, 6) is 1.18. The van der Waals surface area contributed by atoms with Crippen molar-refractivity contribution in [1.82, 2.24) is 4.98 Å². The molecule has 0 amide bonds. The van der Waals surface area contributed by atoms with Crippen molar-refractivity contribution in [2.24, 2.45) is 0 Å². The second-order valence-corrected chi connectivity index (χ2v) is 8.55. The van der Waals surface area contributed by atoms with Gasteiger partial charge < -0.3 is 5.32 Å². The zero-order valence-corrected chi connectivity index (χ0v) is 20.0. The minimum Gasteiger partial charge on any atom is -0.377 e. The Balaban J connectivity index is 1.82. The number of terminal acetylenes is 1. The number of hydrogen-bond acceptors (Lipinski definition) is 4. The lowest BCUT2D eigenvalue weighted by atomic mass is 9.91. The van der Waals surface area contributed by atoms with Gasteiger partial charge in [-0.05, 0) is 53.8 Å². The van der Waals surface area contributed by atoms with Gasteiger partial charge in [0.25, 0.3) is 0 Å². The van der Waals surface area contributed by atoms with Crippen molar-refractivity contribution in [3.05, 3.63) is 106 Å². The maximum atomic E-state index is 9.85. The van der Waals surface area contributed by atoms with E-state index < -0.39 is 5.89 Å². The molecule has 4 rings (SSSR count). The SMILES string of the molecule is [2H][C@](C#C)(Cc1cc(Cl)c2ncc(C#N)c(N[C@H](CC)c3ccccc3)c2c1)c1cccc(C#N)c1. The first-order valence-corrected chi connectivity index (χ1v) is 11.6. The lowest BCUT2D eigenvalue weighted by Crippen LogP contribution is -2.11. The third kappa shape index (κ3) is 5.12. The van der Waals surface area contributed by atoms with Crippen molar-refractivity contribution in [1.29, 1.82) is 10.5 Å². The van der Waals surface area contributed by atoms with Crippen molar-refractivity contribution in [2.75, 3.05) is 5.32 Å². The lowest BCUT2D eigenvalue weighted by molar-refractivity contribution is 0.750. The van der Waals surface area contributed by atoms with Crippen LogP contribution in [0, 0.1) is 35.0 Å². The van der Waals surface area contributed by atoms with Gasteiger partial charge >= 0.3 is 0 Å². The van der Waals surface area contributed by atoms with Crippen LogP contribution in [0.15, 0.2) is 72.9 Å². The molecule has 4 aromatic rings. The number of anilines is 1. The molecule has 1 N–H and O–H groups in total. The fourth-order valence-electron chi connectivity index (χ4n) is 4.16. The zero-order valence-electron chi connectivity index (χ0n) is 20.2. The van der Waals surface area contributed by atoms with Gasteiger partial charge in [-0.1, -0.05) is 66.9 Å². The number of nitriles is 2. The van der Waals surface area contributed by atoms with E-state index in [4.69, 9.17) is 19.4 Å². The van der Waals surface area contributed by atoms with E-state index in [-0.39, 0.29) is 12.5 Å². The molecule has 0 saturated heterocycles. The van der Waals surface area contributed by atoms with Crippen LogP contribution < -0.4 is 5.32 Å². The molecule has 35 heavy (non-hydrogen) atoms. The molecule has 2 atom stereocenters. The largest absolute Gasteiger partial charge is 0.377 e. The summed E-state index contributed by atoms with van der Waals surface area (Å²) in [6.45, 7) is 2.08. The highest BCUT2D eigenvalue weighted by atomic mass is 35.5. The normalized spacial score (nSPS) is 13.5. The minimum absolute atomic E-state index is 0.0268. The maximum absolute atomic E-state index is 9.85. The Hall–Kier alpha value is -4.30. The molecule has 0 aliphatic carbocycles. The Bertz CT molecular complexity index is 1550. The van der Waals surface area contributed by atoms with Gasteiger partial charge in [0.05, 0.1) is 39.5 Å². The Labute approximate surface area is 212 Å². The van der Waals surface area contributed by atoms with Crippen LogP contribution in [0.4, 0.5) is 5.69 Å². The monoisotopic (exact) mass is 475 g/mol. The lowest BCUT2D eigenvalue weighted by Gasteiger charge is -2.21. The van der Waals surface area contributed by atoms with E-state index in [1.165, 1.54) is 6.20 Å². The summed E-state index contributed by atoms with van der Waals surface area (Å²) in [7, 11) is 0. The summed E-state index contributed by atoms with van der Waals surface area (Å²) in [6, 6.07) is 24.8. The molecule has 0 bridgehead atoms. The number of fused-ring (bicyclic) bond motifs is 1. The summed E-state index contributed by atoms with van der Waals surface area (Å²) in [6.07, 6.45) is 8.32. The number of nitrogens with one attached hydrogen (secondary N) is 1. The van der Waals surface area contributed by atoms with Crippen LogP contribution in [-0.2, 0) is 6.42 Å². The van der Waals surface area contributed by atoms with E-state index in [2.05, 4.69) is 35.3 Å². The topological polar surface area (TPSA) is 72.5 Å². The molecule has 0 saturated carbocycles. The van der Waals surface area contributed by atoms with E-state index in [1.54, 1.807) is 30.3 Å². The van der Waals surface area contributed by atoms with Crippen LogP contribution in [0.3, 0.4) is 0 Å². The van der Waals surface area contributed by atoms with E-state index >= 15 is 0 Å². The Morgan fingerprint density at radius 2 is 1.83 bits per heavy atom. The predicted molar refractivity (Wildman–Crippen MR) is 141 cm³/mol. The summed E-state index contributed by atoms with van der Waals surface area (Å²) in [5.41, 5.74) is 4.44. The summed E-state index contributed by atoms with van der Waals surface area (Å²) < 4.78 is 9.01. The Morgan fingerprint density at radius 3 is 2.51 bits per heavy atom. The molecule has 0 spiro atoms. The number of pyridine rings is 1. The van der Waals surface area contributed by atoms with Gasteiger partial charge in [0, 0.05) is 18.8 Å². The second-order valence-electron chi connectivity index (χ2n) is 8.14. The van der Waals surface area contributed by atoms with Crippen LogP contribution in [0.2, 0.25) is 5.02 Å². The predicted octanol–water partition coefficient (Wildman–Crippen LogP) is 7.15. The van der Waals surface area contributed by atoms with Gasteiger partial charge in [0.1, 0.15) is 6.07 Å². The average molecular weight is 476 g/mol. The molecule has 4 nitrogen and oxygen atoms in total. The second kappa shape index (κ2) is 10.8. The molecule has 1 heterocycles. The van der Waals surface area contributed by atoms with Crippen molar-refractivity contribution in [3.8, 4) is 24.5 Å². The molecule has 0 fully saturated rings. The van der Waals surface area contributed by atoms with E-state index in [0.29, 0.717) is 38.3 Å². The fourth-order valence-corrected chi connectivity index (χ4v) is 4.45. The van der Waals surface area contributed by atoms with E-state index in [1.807, 2.05) is 36.4 Å². The molecule has 0 aliphatic heterocycles. The minimum atomic E-state index is -1.41. The number of nitrogens with zero attached hydrogens (tertiary/aromatic N) is 3. The summed E-state index contributed by atoms with van der Waals surface area (Å²) in [4.78, 5) is 4.44. The van der Waals surface area contributed by atoms with Crippen LogP contribution >= 0.6 is 11.6 Å². The number of aromatic nitrogens is 1. The number of hydrogen-bond donors (Lipinski definition) is 1. The van der Waals surface area contributed by atoms with Crippen LogP contribution in [0.1, 0.15) is 54.5 Å². The van der Waals surface area contributed by atoms with Gasteiger partial charge in [0.2, 0.25) is 0 Å². The van der Waals surface area contributed by atoms with Crippen molar-refractivity contribution in [2.45, 2.75) is 31.7 Å². The van der Waals surface area contributed by atoms with Gasteiger partial charge in [-0.25, -0.2) is 0 Å². The molecular formula is C30H23ClN4. The van der Waals surface area contributed by atoms with E-state index in [0.717, 1.165) is 17.5 Å². The number of halogens is 1. The molecule has 1 aromatic heterocycles. The molecular weight excluding hydrogens is 452 g/mol. The van der Waals surface area contributed by atoms with Crippen molar-refractivity contribution < 1.29 is 1.37 Å². The number of rotatable bonds is 7. The maximum Gasteiger partial charge on any atom is 0.103 e. The smallest absolute Gasteiger partial charge is 0.103 e. The zero-order chi connectivity index (χ0) is 25.7. The number of benzene rings is 3. The Kier molecular flexibility index (Phi) is 6.91. The highest BCUT2D eigenvalue weighted by molar-refractivity contribution is 6.35. The Morgan fingerprint density at radius 1 is 1.06 bits per heavy atom. The van der Waals surface area contributed by atoms with Crippen molar-refractivity contribution in [3.63, 3.8) is 0 Å². The highest BCUT2D eigenvalue weighted by Gasteiger charge is 2.18. The molecule has 0 unspecified atom stereocenters. The van der Waals surface area contributed by atoms with Gasteiger partial charge in [0.15, 0.2) is 0 Å². The third-order valence-corrected chi connectivity index (χ3v) is 6.22. The van der Waals surface area contributed by atoms with Crippen LogP contribution in [0.25, 0.3) is 10.9 Å². The summed E-state index contributed by atoms with van der Waals surface area (Å²) >= 11 is 6.65. The van der Waals surface area contributed by atoms with Crippen molar-refractivity contribution >= 4 is 28.2 Å². The molecule has 0 aliphatic rings. The molecule has 0 radical (unpaired) electrons. The summed E-state index contributed by atoms with van der Waals surface area (Å²) in [5, 5.41) is 23.8. The highest BCUT2D eigenvalue weighted by Crippen LogP contribution is 2.35. The molecule has 3 aromatic carbocycles. The first-order valence-electron chi connectivity index (χ1n) is 11.7.